The van der Waals surface area contributed by atoms with E-state index in [1.165, 1.54) is 7.11 Å². The summed E-state index contributed by atoms with van der Waals surface area (Å²) in [6, 6.07) is 0.292. The van der Waals surface area contributed by atoms with Crippen LogP contribution in [-0.2, 0) is 0 Å². The zero-order valence-corrected chi connectivity index (χ0v) is 11.4. The van der Waals surface area contributed by atoms with E-state index in [1.54, 1.807) is 0 Å². The minimum absolute atomic E-state index is 0.156. The molecule has 2 rings (SSSR count). The quantitative estimate of drug-likeness (QED) is 0.704. The number of methoxy groups -OCH3 is 1. The molecule has 1 aromatic heterocycles. The number of aromatic nitrogens is 3. The van der Waals surface area contributed by atoms with E-state index >= 15 is 0 Å². The Morgan fingerprint density at radius 3 is 2.53 bits per heavy atom. The summed E-state index contributed by atoms with van der Waals surface area (Å²) < 4.78 is 5.05. The molecule has 0 amide bonds. The van der Waals surface area contributed by atoms with E-state index in [1.807, 2.05) is 6.92 Å². The van der Waals surface area contributed by atoms with Crippen molar-refractivity contribution < 1.29 is 9.84 Å². The van der Waals surface area contributed by atoms with Gasteiger partial charge in [-0.15, -0.1) is 0 Å². The predicted octanol–water partition coefficient (Wildman–Crippen LogP) is 0.885. The lowest BCUT2D eigenvalue weighted by molar-refractivity contribution is 0.178. The van der Waals surface area contributed by atoms with Crippen molar-refractivity contribution in [2.45, 2.75) is 32.3 Å². The molecule has 1 saturated carbocycles. The van der Waals surface area contributed by atoms with E-state index < -0.39 is 0 Å². The van der Waals surface area contributed by atoms with Crippen molar-refractivity contribution in [3.8, 4) is 6.01 Å². The van der Waals surface area contributed by atoms with Gasteiger partial charge >= 0.3 is 6.01 Å². The summed E-state index contributed by atoms with van der Waals surface area (Å²) in [4.78, 5) is 12.5. The van der Waals surface area contributed by atoms with Gasteiger partial charge in [0.2, 0.25) is 11.9 Å². The first-order valence-corrected chi connectivity index (χ1v) is 6.67. The third kappa shape index (κ3) is 3.92. The van der Waals surface area contributed by atoms with Crippen molar-refractivity contribution in [1.82, 2.24) is 15.0 Å². The zero-order chi connectivity index (χ0) is 13.7. The zero-order valence-electron chi connectivity index (χ0n) is 11.4. The molecule has 7 nitrogen and oxygen atoms in total. The monoisotopic (exact) mass is 267 g/mol. The topological polar surface area (TPSA) is 92.2 Å². The summed E-state index contributed by atoms with van der Waals surface area (Å²) >= 11 is 0. The largest absolute Gasteiger partial charge is 0.467 e. The van der Waals surface area contributed by atoms with Crippen LogP contribution in [0.4, 0.5) is 11.9 Å². The van der Waals surface area contributed by atoms with Gasteiger partial charge in [0.15, 0.2) is 0 Å². The van der Waals surface area contributed by atoms with Crippen LogP contribution in [0.2, 0.25) is 0 Å². The van der Waals surface area contributed by atoms with Gasteiger partial charge in [0.05, 0.1) is 13.2 Å². The van der Waals surface area contributed by atoms with Crippen LogP contribution in [0.3, 0.4) is 0 Å². The first kappa shape index (κ1) is 13.8. The van der Waals surface area contributed by atoms with Crippen LogP contribution in [0.1, 0.15) is 26.2 Å². The molecule has 2 atom stereocenters. The van der Waals surface area contributed by atoms with Crippen LogP contribution < -0.4 is 15.4 Å². The molecule has 0 spiro atoms. The van der Waals surface area contributed by atoms with Crippen molar-refractivity contribution in [3.63, 3.8) is 0 Å². The van der Waals surface area contributed by atoms with Crippen LogP contribution in [0.25, 0.3) is 0 Å². The fourth-order valence-electron chi connectivity index (χ4n) is 2.23. The van der Waals surface area contributed by atoms with Gasteiger partial charge in [-0.2, -0.15) is 15.0 Å². The maximum atomic E-state index is 9.49. The third-order valence-electron chi connectivity index (χ3n) is 3.19. The number of aliphatic hydroxyl groups is 1. The number of rotatable bonds is 6. The number of nitrogens with one attached hydrogen (secondary N) is 2. The minimum Gasteiger partial charge on any atom is -0.467 e. The molecule has 1 aromatic rings. The molecule has 1 heterocycles. The average Bonchev–Trinajstić information content (AvgIpc) is 2.82. The Balaban J connectivity index is 1.96. The van der Waals surface area contributed by atoms with Crippen molar-refractivity contribution >= 4 is 11.9 Å². The van der Waals surface area contributed by atoms with Crippen molar-refractivity contribution in [2.24, 2.45) is 5.92 Å². The maximum Gasteiger partial charge on any atom is 0.322 e. The van der Waals surface area contributed by atoms with Gasteiger partial charge in [-0.25, -0.2) is 0 Å². The smallest absolute Gasteiger partial charge is 0.322 e. The summed E-state index contributed by atoms with van der Waals surface area (Å²) in [6.45, 7) is 3.47. The summed E-state index contributed by atoms with van der Waals surface area (Å²) in [5.41, 5.74) is 0. The number of hydrogen-bond acceptors (Lipinski definition) is 7. The van der Waals surface area contributed by atoms with Crippen molar-refractivity contribution in [3.05, 3.63) is 0 Å². The molecule has 2 unspecified atom stereocenters. The molecule has 0 bridgehead atoms. The number of aliphatic hydroxyl groups excluding tert-OH is 1. The van der Waals surface area contributed by atoms with E-state index in [0.29, 0.717) is 23.8 Å². The van der Waals surface area contributed by atoms with E-state index in [2.05, 4.69) is 25.6 Å². The van der Waals surface area contributed by atoms with Crippen molar-refractivity contribution in [2.75, 3.05) is 30.8 Å². The standard InChI is InChI=1S/C12H21N5O2/c1-3-13-10-15-11(17-12(16-10)19-2)14-7-8-4-5-9(18)6-8/h8-9,18H,3-7H2,1-2H3,(H2,13,14,15,16,17). The highest BCUT2D eigenvalue weighted by molar-refractivity contribution is 5.35. The number of hydrogen-bond donors (Lipinski definition) is 3. The Morgan fingerprint density at radius 2 is 1.95 bits per heavy atom. The first-order valence-electron chi connectivity index (χ1n) is 6.67. The van der Waals surface area contributed by atoms with Gasteiger partial charge in [-0.05, 0) is 32.1 Å². The fourth-order valence-corrected chi connectivity index (χ4v) is 2.23. The van der Waals surface area contributed by atoms with E-state index in [0.717, 1.165) is 32.4 Å². The molecule has 0 saturated heterocycles. The molecule has 0 aliphatic heterocycles. The second kappa shape index (κ2) is 6.51. The molecule has 3 N–H and O–H groups in total. The molecule has 7 heteroatoms. The molecular weight excluding hydrogens is 246 g/mol. The van der Waals surface area contributed by atoms with Gasteiger partial charge in [0.1, 0.15) is 0 Å². The van der Waals surface area contributed by atoms with Gasteiger partial charge < -0.3 is 20.5 Å². The van der Waals surface area contributed by atoms with Gasteiger partial charge in [0.25, 0.3) is 0 Å². The van der Waals surface area contributed by atoms with Gasteiger partial charge in [-0.3, -0.25) is 0 Å². The van der Waals surface area contributed by atoms with Crippen molar-refractivity contribution in [1.29, 1.82) is 0 Å². The Labute approximate surface area is 112 Å². The predicted molar refractivity (Wildman–Crippen MR) is 72.4 cm³/mol. The summed E-state index contributed by atoms with van der Waals surface area (Å²) in [5, 5.41) is 15.7. The van der Waals surface area contributed by atoms with Crippen LogP contribution in [0, 0.1) is 5.92 Å². The fraction of sp³-hybridized carbons (Fsp3) is 0.750. The van der Waals surface area contributed by atoms with E-state index in [-0.39, 0.29) is 6.10 Å². The molecule has 1 aliphatic rings. The molecule has 0 aromatic carbocycles. The molecule has 1 aliphatic carbocycles. The van der Waals surface area contributed by atoms with Crippen LogP contribution in [-0.4, -0.2) is 46.4 Å². The number of ether oxygens (including phenoxy) is 1. The van der Waals surface area contributed by atoms with E-state index in [4.69, 9.17) is 4.74 Å². The first-order chi connectivity index (χ1) is 9.21. The second-order valence-corrected chi connectivity index (χ2v) is 4.71. The summed E-state index contributed by atoms with van der Waals surface area (Å²) in [6.07, 6.45) is 2.61. The highest BCUT2D eigenvalue weighted by Gasteiger charge is 2.22. The Bertz CT molecular complexity index is 415. The molecule has 0 radical (unpaired) electrons. The summed E-state index contributed by atoms with van der Waals surface area (Å²) in [7, 11) is 1.53. The van der Waals surface area contributed by atoms with E-state index in [9.17, 15) is 5.11 Å². The minimum atomic E-state index is -0.156. The van der Waals surface area contributed by atoms with Crippen LogP contribution in [0.15, 0.2) is 0 Å². The van der Waals surface area contributed by atoms with Gasteiger partial charge in [0, 0.05) is 13.1 Å². The lowest BCUT2D eigenvalue weighted by atomic mass is 10.1. The molecule has 19 heavy (non-hydrogen) atoms. The SMILES string of the molecule is CCNc1nc(NCC2CCC(O)C2)nc(OC)n1. The Kier molecular flexibility index (Phi) is 4.73. The molecular formula is C12H21N5O2. The lowest BCUT2D eigenvalue weighted by Gasteiger charge is -2.12. The third-order valence-corrected chi connectivity index (χ3v) is 3.19. The maximum absolute atomic E-state index is 9.49. The summed E-state index contributed by atoms with van der Waals surface area (Å²) in [5.74, 6) is 1.48. The molecule has 1 fully saturated rings. The average molecular weight is 267 g/mol. The lowest BCUT2D eigenvalue weighted by Crippen LogP contribution is -2.16. The highest BCUT2D eigenvalue weighted by atomic mass is 16.5. The van der Waals surface area contributed by atoms with Crippen LogP contribution >= 0.6 is 0 Å². The van der Waals surface area contributed by atoms with Gasteiger partial charge in [-0.1, -0.05) is 0 Å². The number of anilines is 2. The normalized spacial score (nSPS) is 22.3. The Hall–Kier alpha value is -1.63. The number of nitrogens with zero attached hydrogens (tertiary/aromatic N) is 3. The Morgan fingerprint density at radius 1 is 1.21 bits per heavy atom. The highest BCUT2D eigenvalue weighted by Crippen LogP contribution is 2.25. The molecule has 106 valence electrons. The van der Waals surface area contributed by atoms with Crippen LogP contribution in [0.5, 0.6) is 6.01 Å². The second-order valence-electron chi connectivity index (χ2n) is 4.71.